The molecular formula is C17H17BrN2O3S. The van der Waals surface area contributed by atoms with Crippen molar-refractivity contribution in [2.75, 3.05) is 11.1 Å². The number of halogens is 1. The molecule has 0 aliphatic rings. The van der Waals surface area contributed by atoms with Crippen LogP contribution in [0.15, 0.2) is 46.9 Å². The van der Waals surface area contributed by atoms with E-state index < -0.39 is 4.92 Å². The summed E-state index contributed by atoms with van der Waals surface area (Å²) in [6.45, 7) is 3.91. The number of non-ortho nitro benzene ring substituents is 1. The van der Waals surface area contributed by atoms with Crippen molar-refractivity contribution < 1.29 is 9.72 Å². The second-order valence-electron chi connectivity index (χ2n) is 5.34. The molecule has 24 heavy (non-hydrogen) atoms. The minimum Gasteiger partial charge on any atom is -0.324 e. The van der Waals surface area contributed by atoms with Crippen LogP contribution in [0.25, 0.3) is 0 Å². The van der Waals surface area contributed by atoms with E-state index in [1.54, 1.807) is 12.1 Å². The van der Waals surface area contributed by atoms with Gasteiger partial charge in [-0.05, 0) is 53.0 Å². The van der Waals surface area contributed by atoms with Crippen molar-refractivity contribution in [1.82, 2.24) is 0 Å². The molecule has 0 aliphatic carbocycles. The van der Waals surface area contributed by atoms with Crippen molar-refractivity contribution in [2.24, 2.45) is 0 Å². The molecule has 0 fully saturated rings. The van der Waals surface area contributed by atoms with Crippen molar-refractivity contribution in [1.29, 1.82) is 0 Å². The lowest BCUT2D eigenvalue weighted by Crippen LogP contribution is -2.15. The number of nitro benzene ring substituents is 1. The standard InChI is InChI=1S/C17H17BrN2O3S/c1-11-6-7-16(15(18)8-11)19-17(21)10-24-12(2)13-4-3-5-14(9-13)20(22)23/h3-9,12H,10H2,1-2H3,(H,19,21)/t12-/m0/s1. The van der Waals surface area contributed by atoms with E-state index in [1.165, 1.54) is 17.8 Å². The highest BCUT2D eigenvalue weighted by atomic mass is 79.9. The molecule has 5 nitrogen and oxygen atoms in total. The quantitative estimate of drug-likeness (QED) is 0.532. The fourth-order valence-electron chi connectivity index (χ4n) is 2.10. The minimum atomic E-state index is -0.414. The van der Waals surface area contributed by atoms with Gasteiger partial charge in [-0.3, -0.25) is 14.9 Å². The first-order chi connectivity index (χ1) is 11.4. The molecule has 0 radical (unpaired) electrons. The number of rotatable bonds is 6. The zero-order valence-corrected chi connectivity index (χ0v) is 15.7. The normalized spacial score (nSPS) is 11.8. The SMILES string of the molecule is Cc1ccc(NC(=O)CS[C@@H](C)c2cccc([N+](=O)[O-])c2)c(Br)c1. The van der Waals surface area contributed by atoms with Crippen LogP contribution in [0.2, 0.25) is 0 Å². The van der Waals surface area contributed by atoms with Crippen LogP contribution < -0.4 is 5.32 Å². The maximum Gasteiger partial charge on any atom is 0.269 e. The van der Waals surface area contributed by atoms with Crippen LogP contribution in [-0.4, -0.2) is 16.6 Å². The van der Waals surface area contributed by atoms with Crippen LogP contribution in [0.1, 0.15) is 23.3 Å². The van der Waals surface area contributed by atoms with Gasteiger partial charge in [-0.25, -0.2) is 0 Å². The van der Waals surface area contributed by atoms with Gasteiger partial charge in [0.15, 0.2) is 0 Å². The molecule has 0 heterocycles. The molecule has 2 aromatic carbocycles. The van der Waals surface area contributed by atoms with Crippen molar-refractivity contribution in [3.8, 4) is 0 Å². The van der Waals surface area contributed by atoms with E-state index in [-0.39, 0.29) is 22.6 Å². The summed E-state index contributed by atoms with van der Waals surface area (Å²) in [5.41, 5.74) is 2.73. The van der Waals surface area contributed by atoms with E-state index >= 15 is 0 Å². The summed E-state index contributed by atoms with van der Waals surface area (Å²) in [5, 5.41) is 13.7. The van der Waals surface area contributed by atoms with Gasteiger partial charge in [-0.2, -0.15) is 0 Å². The highest BCUT2D eigenvalue weighted by molar-refractivity contribution is 9.10. The average Bonchev–Trinajstić information content (AvgIpc) is 2.55. The van der Waals surface area contributed by atoms with Crippen LogP contribution >= 0.6 is 27.7 Å². The molecule has 0 spiro atoms. The smallest absolute Gasteiger partial charge is 0.269 e. The van der Waals surface area contributed by atoms with Crippen molar-refractivity contribution >= 4 is 45.0 Å². The van der Waals surface area contributed by atoms with Crippen molar-refractivity contribution in [3.05, 3.63) is 68.2 Å². The Hall–Kier alpha value is -1.86. The molecule has 1 atom stereocenters. The van der Waals surface area contributed by atoms with Gasteiger partial charge < -0.3 is 5.32 Å². The maximum absolute atomic E-state index is 12.1. The van der Waals surface area contributed by atoms with Crippen LogP contribution in [-0.2, 0) is 4.79 Å². The van der Waals surface area contributed by atoms with Gasteiger partial charge in [0.05, 0.1) is 16.4 Å². The van der Waals surface area contributed by atoms with E-state index in [4.69, 9.17) is 0 Å². The highest BCUT2D eigenvalue weighted by Crippen LogP contribution is 2.30. The third-order valence-electron chi connectivity index (χ3n) is 3.41. The third kappa shape index (κ3) is 5.07. The Morgan fingerprint density at radius 2 is 2.08 bits per heavy atom. The topological polar surface area (TPSA) is 72.2 Å². The zero-order chi connectivity index (χ0) is 17.7. The third-order valence-corrected chi connectivity index (χ3v) is 5.27. The predicted octanol–water partition coefficient (Wildman–Crippen LogP) is 5.10. The number of nitrogens with zero attached hydrogens (tertiary/aromatic N) is 1. The first kappa shape index (κ1) is 18.5. The zero-order valence-electron chi connectivity index (χ0n) is 13.3. The first-order valence-electron chi connectivity index (χ1n) is 7.29. The van der Waals surface area contributed by atoms with Gasteiger partial charge in [0, 0.05) is 21.9 Å². The van der Waals surface area contributed by atoms with E-state index in [9.17, 15) is 14.9 Å². The maximum atomic E-state index is 12.1. The Labute approximate surface area is 153 Å². The number of carbonyl (C=O) groups excluding carboxylic acids is 1. The fraction of sp³-hybridized carbons (Fsp3) is 0.235. The number of anilines is 1. The number of nitro groups is 1. The second-order valence-corrected chi connectivity index (χ2v) is 7.52. The predicted molar refractivity (Wildman–Crippen MR) is 101 cm³/mol. The van der Waals surface area contributed by atoms with E-state index in [0.29, 0.717) is 0 Å². The minimum absolute atomic E-state index is 0.0166. The van der Waals surface area contributed by atoms with Gasteiger partial charge in [0.2, 0.25) is 5.91 Å². The molecule has 0 saturated heterocycles. The van der Waals surface area contributed by atoms with Gasteiger partial charge in [-0.1, -0.05) is 18.2 Å². The van der Waals surface area contributed by atoms with Crippen LogP contribution in [0.3, 0.4) is 0 Å². The number of carbonyl (C=O) groups is 1. The van der Waals surface area contributed by atoms with Crippen LogP contribution in [0.4, 0.5) is 11.4 Å². The second kappa shape index (κ2) is 8.30. The highest BCUT2D eigenvalue weighted by Gasteiger charge is 2.13. The lowest BCUT2D eigenvalue weighted by atomic mass is 10.1. The van der Waals surface area contributed by atoms with E-state index in [2.05, 4.69) is 21.2 Å². The number of amides is 1. The lowest BCUT2D eigenvalue weighted by Gasteiger charge is -2.12. The van der Waals surface area contributed by atoms with Gasteiger partial charge in [-0.15, -0.1) is 11.8 Å². The van der Waals surface area contributed by atoms with Gasteiger partial charge in [0.25, 0.3) is 5.69 Å². The number of benzene rings is 2. The molecule has 0 bridgehead atoms. The summed E-state index contributed by atoms with van der Waals surface area (Å²) in [6, 6.07) is 12.2. The fourth-order valence-corrected chi connectivity index (χ4v) is 3.50. The summed E-state index contributed by atoms with van der Waals surface area (Å²) in [7, 11) is 0. The molecule has 0 unspecified atom stereocenters. The number of thioether (sulfide) groups is 1. The molecule has 0 aromatic heterocycles. The lowest BCUT2D eigenvalue weighted by molar-refractivity contribution is -0.384. The van der Waals surface area contributed by atoms with E-state index in [0.717, 1.165) is 21.3 Å². The molecule has 1 N–H and O–H groups in total. The number of hydrogen-bond acceptors (Lipinski definition) is 4. The molecule has 1 amide bonds. The number of aryl methyl sites for hydroxylation is 1. The summed E-state index contributed by atoms with van der Waals surface area (Å²) >= 11 is 4.86. The largest absolute Gasteiger partial charge is 0.324 e. The number of nitrogens with one attached hydrogen (secondary N) is 1. The molecule has 2 rings (SSSR count). The van der Waals surface area contributed by atoms with Crippen molar-refractivity contribution in [2.45, 2.75) is 19.1 Å². The molecular weight excluding hydrogens is 392 g/mol. The molecule has 0 saturated carbocycles. The number of hydrogen-bond donors (Lipinski definition) is 1. The first-order valence-corrected chi connectivity index (χ1v) is 9.13. The Balaban J connectivity index is 1.93. The summed E-state index contributed by atoms with van der Waals surface area (Å²) in [6.07, 6.45) is 0. The van der Waals surface area contributed by atoms with Crippen LogP contribution in [0.5, 0.6) is 0 Å². The van der Waals surface area contributed by atoms with Gasteiger partial charge >= 0.3 is 0 Å². The monoisotopic (exact) mass is 408 g/mol. The van der Waals surface area contributed by atoms with E-state index in [1.807, 2.05) is 38.1 Å². The molecule has 7 heteroatoms. The Kier molecular flexibility index (Phi) is 6.39. The van der Waals surface area contributed by atoms with Crippen LogP contribution in [0, 0.1) is 17.0 Å². The Morgan fingerprint density at radius 3 is 2.75 bits per heavy atom. The Morgan fingerprint density at radius 1 is 1.33 bits per heavy atom. The molecule has 0 aliphatic heterocycles. The summed E-state index contributed by atoms with van der Waals surface area (Å²) in [4.78, 5) is 22.5. The van der Waals surface area contributed by atoms with Crippen molar-refractivity contribution in [3.63, 3.8) is 0 Å². The Bertz CT molecular complexity index is 767. The summed E-state index contributed by atoms with van der Waals surface area (Å²) in [5.74, 6) is 0.159. The summed E-state index contributed by atoms with van der Waals surface area (Å²) < 4.78 is 0.840. The molecule has 2 aromatic rings. The van der Waals surface area contributed by atoms with Gasteiger partial charge in [0.1, 0.15) is 0 Å². The molecule has 126 valence electrons. The average molecular weight is 409 g/mol.